The highest BCUT2D eigenvalue weighted by molar-refractivity contribution is 6.01. The van der Waals surface area contributed by atoms with E-state index in [0.29, 0.717) is 17.3 Å². The lowest BCUT2D eigenvalue weighted by Gasteiger charge is -2.12. The minimum Gasteiger partial charge on any atom is -0.497 e. The monoisotopic (exact) mass is 450 g/mol. The van der Waals surface area contributed by atoms with Gasteiger partial charge in [0.05, 0.1) is 7.11 Å². The summed E-state index contributed by atoms with van der Waals surface area (Å²) in [6.07, 6.45) is 1.93. The van der Waals surface area contributed by atoms with Crippen molar-refractivity contribution in [1.82, 2.24) is 19.8 Å². The average Bonchev–Trinajstić information content (AvgIpc) is 3.64. The molecule has 168 valence electrons. The molecule has 0 saturated heterocycles. The molecule has 3 aromatic carbocycles. The first-order valence-corrected chi connectivity index (χ1v) is 11.2. The Kier molecular flexibility index (Phi) is 4.83. The number of hydrogen-bond donors (Lipinski definition) is 2. The molecule has 6 rings (SSSR count). The number of ether oxygens (including phenoxy) is 1. The largest absolute Gasteiger partial charge is 0.497 e. The predicted octanol–water partition coefficient (Wildman–Crippen LogP) is 5.05. The fourth-order valence-corrected chi connectivity index (χ4v) is 3.99. The summed E-state index contributed by atoms with van der Waals surface area (Å²) in [5.74, 6) is 2.30. The van der Waals surface area contributed by atoms with E-state index in [9.17, 15) is 4.79 Å². The zero-order valence-corrected chi connectivity index (χ0v) is 18.5. The van der Waals surface area contributed by atoms with Gasteiger partial charge < -0.3 is 15.4 Å². The van der Waals surface area contributed by atoms with Crippen molar-refractivity contribution in [3.63, 3.8) is 0 Å². The molecule has 2 N–H and O–H groups in total. The van der Waals surface area contributed by atoms with E-state index in [1.54, 1.807) is 11.6 Å². The van der Waals surface area contributed by atoms with Crippen LogP contribution in [0.2, 0.25) is 0 Å². The van der Waals surface area contributed by atoms with Gasteiger partial charge in [0, 0.05) is 33.6 Å². The summed E-state index contributed by atoms with van der Waals surface area (Å²) in [7, 11) is 1.64. The van der Waals surface area contributed by atoms with Gasteiger partial charge in [-0.05, 0) is 55.3 Å². The normalized spacial score (nSPS) is 13.2. The highest BCUT2D eigenvalue weighted by atomic mass is 16.5. The van der Waals surface area contributed by atoms with Crippen molar-refractivity contribution in [3.8, 4) is 17.1 Å². The standard InChI is InChI=1S/C26H22N6O2/c1-34-20-13-11-16(12-14-20)24-29-30-25-22-8-3-2-7-21(22)23(31-32(24)25)27-18-5-4-6-19(15-18)28-26(33)17-9-10-17/h2-8,11-15,17H,9-10H2,1H3,(H,27,31)(H,28,33). The van der Waals surface area contributed by atoms with Crippen molar-refractivity contribution in [2.45, 2.75) is 12.8 Å². The molecule has 34 heavy (non-hydrogen) atoms. The second kappa shape index (κ2) is 8.15. The summed E-state index contributed by atoms with van der Waals surface area (Å²) in [5.41, 5.74) is 3.14. The number of carbonyl (C=O) groups is 1. The van der Waals surface area contributed by atoms with Gasteiger partial charge in [-0.3, -0.25) is 4.79 Å². The van der Waals surface area contributed by atoms with Crippen LogP contribution in [-0.2, 0) is 4.79 Å². The number of benzene rings is 3. The molecular weight excluding hydrogens is 428 g/mol. The number of nitrogens with zero attached hydrogens (tertiary/aromatic N) is 4. The molecule has 1 amide bonds. The first-order chi connectivity index (χ1) is 16.7. The summed E-state index contributed by atoms with van der Waals surface area (Å²) in [5, 5.41) is 22.0. The number of anilines is 3. The zero-order valence-electron chi connectivity index (χ0n) is 18.5. The van der Waals surface area contributed by atoms with Gasteiger partial charge in [0.2, 0.25) is 5.91 Å². The maximum atomic E-state index is 12.2. The summed E-state index contributed by atoms with van der Waals surface area (Å²) < 4.78 is 7.03. The van der Waals surface area contributed by atoms with Crippen LogP contribution in [0.3, 0.4) is 0 Å². The first-order valence-electron chi connectivity index (χ1n) is 11.2. The minimum atomic E-state index is 0.0794. The molecule has 0 aliphatic heterocycles. The number of nitrogens with one attached hydrogen (secondary N) is 2. The van der Waals surface area contributed by atoms with E-state index in [0.717, 1.165) is 46.3 Å². The zero-order chi connectivity index (χ0) is 23.1. The fourth-order valence-electron chi connectivity index (χ4n) is 3.99. The second-order valence-electron chi connectivity index (χ2n) is 8.35. The summed E-state index contributed by atoms with van der Waals surface area (Å²) in [4.78, 5) is 12.2. The molecule has 0 radical (unpaired) electrons. The van der Waals surface area contributed by atoms with Crippen molar-refractivity contribution in [1.29, 1.82) is 0 Å². The highest BCUT2D eigenvalue weighted by Crippen LogP contribution is 2.32. The Morgan fingerprint density at radius 2 is 1.71 bits per heavy atom. The van der Waals surface area contributed by atoms with Gasteiger partial charge in [-0.1, -0.05) is 30.3 Å². The maximum Gasteiger partial charge on any atom is 0.227 e. The molecule has 8 nitrogen and oxygen atoms in total. The molecule has 5 aromatic rings. The van der Waals surface area contributed by atoms with Gasteiger partial charge in [-0.25, -0.2) is 0 Å². The third kappa shape index (κ3) is 3.69. The van der Waals surface area contributed by atoms with Crippen LogP contribution in [0.25, 0.3) is 27.8 Å². The number of rotatable bonds is 6. The second-order valence-corrected chi connectivity index (χ2v) is 8.35. The maximum absolute atomic E-state index is 12.2. The van der Waals surface area contributed by atoms with E-state index in [2.05, 4.69) is 20.8 Å². The lowest BCUT2D eigenvalue weighted by atomic mass is 10.1. The average molecular weight is 451 g/mol. The van der Waals surface area contributed by atoms with Gasteiger partial charge >= 0.3 is 0 Å². The summed E-state index contributed by atoms with van der Waals surface area (Å²) >= 11 is 0. The Morgan fingerprint density at radius 3 is 2.47 bits per heavy atom. The number of hydrogen-bond acceptors (Lipinski definition) is 6. The Labute approximate surface area is 195 Å². The van der Waals surface area contributed by atoms with E-state index < -0.39 is 0 Å². The first kappa shape index (κ1) is 20.2. The van der Waals surface area contributed by atoms with Crippen LogP contribution in [0.4, 0.5) is 17.2 Å². The number of methoxy groups -OCH3 is 1. The predicted molar refractivity (Wildman–Crippen MR) is 131 cm³/mol. The number of fused-ring (bicyclic) bond motifs is 3. The molecule has 2 heterocycles. The number of carbonyl (C=O) groups excluding carboxylic acids is 1. The van der Waals surface area contributed by atoms with Crippen molar-refractivity contribution >= 4 is 39.5 Å². The van der Waals surface area contributed by atoms with Gasteiger partial charge in [0.1, 0.15) is 5.75 Å². The van der Waals surface area contributed by atoms with E-state index in [4.69, 9.17) is 9.84 Å². The molecule has 0 atom stereocenters. The van der Waals surface area contributed by atoms with Gasteiger partial charge in [0.25, 0.3) is 0 Å². The molecule has 1 aliphatic carbocycles. The minimum absolute atomic E-state index is 0.0794. The van der Waals surface area contributed by atoms with Crippen LogP contribution in [0, 0.1) is 5.92 Å². The van der Waals surface area contributed by atoms with Crippen molar-refractivity contribution in [2.75, 3.05) is 17.7 Å². The molecule has 0 bridgehead atoms. The van der Waals surface area contributed by atoms with Crippen LogP contribution in [0.1, 0.15) is 12.8 Å². The topological polar surface area (TPSA) is 93.4 Å². The van der Waals surface area contributed by atoms with Crippen LogP contribution in [0.15, 0.2) is 72.8 Å². The van der Waals surface area contributed by atoms with Gasteiger partial charge in [-0.2, -0.15) is 4.52 Å². The van der Waals surface area contributed by atoms with Crippen molar-refractivity contribution < 1.29 is 9.53 Å². The lowest BCUT2D eigenvalue weighted by Crippen LogP contribution is -2.13. The van der Waals surface area contributed by atoms with E-state index in [1.165, 1.54) is 0 Å². The van der Waals surface area contributed by atoms with Crippen molar-refractivity contribution in [3.05, 3.63) is 72.8 Å². The Morgan fingerprint density at radius 1 is 0.941 bits per heavy atom. The lowest BCUT2D eigenvalue weighted by molar-refractivity contribution is -0.117. The van der Waals surface area contributed by atoms with Gasteiger partial charge in [-0.15, -0.1) is 15.3 Å². The van der Waals surface area contributed by atoms with Crippen LogP contribution < -0.4 is 15.4 Å². The molecule has 8 heteroatoms. The fraction of sp³-hybridized carbons (Fsp3) is 0.154. The summed E-state index contributed by atoms with van der Waals surface area (Å²) in [6, 6.07) is 23.3. The molecule has 1 fully saturated rings. The molecular formula is C26H22N6O2. The number of amides is 1. The van der Waals surface area contributed by atoms with E-state index in [1.807, 2.05) is 72.8 Å². The molecule has 0 unspecified atom stereocenters. The van der Waals surface area contributed by atoms with Crippen molar-refractivity contribution in [2.24, 2.45) is 5.92 Å². The summed E-state index contributed by atoms with van der Waals surface area (Å²) in [6.45, 7) is 0. The number of aromatic nitrogens is 4. The Balaban J connectivity index is 1.42. The quantitative estimate of drug-likeness (QED) is 0.376. The SMILES string of the molecule is COc1ccc(-c2nnc3c4ccccc4c(Nc4cccc(NC(=O)C5CC5)c4)nn23)cc1. The van der Waals surface area contributed by atoms with E-state index >= 15 is 0 Å². The molecule has 1 aliphatic rings. The molecule has 0 spiro atoms. The Hall–Kier alpha value is -4.46. The van der Waals surface area contributed by atoms with Crippen LogP contribution in [-0.4, -0.2) is 32.8 Å². The smallest absolute Gasteiger partial charge is 0.227 e. The Bertz CT molecular complexity index is 1520. The molecule has 2 aromatic heterocycles. The van der Waals surface area contributed by atoms with Crippen LogP contribution >= 0.6 is 0 Å². The highest BCUT2D eigenvalue weighted by Gasteiger charge is 2.29. The van der Waals surface area contributed by atoms with Crippen LogP contribution in [0.5, 0.6) is 5.75 Å². The third-order valence-electron chi connectivity index (χ3n) is 5.95. The molecule has 1 saturated carbocycles. The van der Waals surface area contributed by atoms with E-state index in [-0.39, 0.29) is 11.8 Å². The third-order valence-corrected chi connectivity index (χ3v) is 5.95. The van der Waals surface area contributed by atoms with Gasteiger partial charge in [0.15, 0.2) is 17.3 Å².